The van der Waals surface area contributed by atoms with Crippen molar-refractivity contribution in [3.05, 3.63) is 48.0 Å². The van der Waals surface area contributed by atoms with Gasteiger partial charge in [0.25, 0.3) is 0 Å². The van der Waals surface area contributed by atoms with Crippen molar-refractivity contribution in [3.8, 4) is 0 Å². The van der Waals surface area contributed by atoms with Crippen LogP contribution < -0.4 is 0 Å². The van der Waals surface area contributed by atoms with Crippen molar-refractivity contribution in [1.82, 2.24) is 9.80 Å². The fourth-order valence-electron chi connectivity index (χ4n) is 3.81. The van der Waals surface area contributed by atoms with Crippen LogP contribution in [0.2, 0.25) is 0 Å². The van der Waals surface area contributed by atoms with E-state index in [9.17, 15) is 22.8 Å². The number of piperidine rings is 1. The van der Waals surface area contributed by atoms with E-state index in [1.165, 1.54) is 18.2 Å². The molecule has 2 saturated heterocycles. The minimum Gasteiger partial charge on any atom is -0.370 e. The van der Waals surface area contributed by atoms with Gasteiger partial charge < -0.3 is 14.5 Å². The number of hydrogen-bond donors (Lipinski definition) is 0. The molecular formula is C20H23F3N2O3. The Labute approximate surface area is 161 Å². The summed E-state index contributed by atoms with van der Waals surface area (Å²) in [7, 11) is 0. The summed E-state index contributed by atoms with van der Waals surface area (Å²) >= 11 is 0. The standard InChI is InChI=1S/C20H23F3N2O3/c1-2-18(26)24-9-7-14(8-10-24)19(27)25-11-12-28-17(13-25)15-5-3-4-6-16(15)20(21,22)23/h2-6,14,17H,1,7-13H2. The molecule has 1 unspecified atom stereocenters. The Morgan fingerprint density at radius 3 is 2.43 bits per heavy atom. The van der Waals surface area contributed by atoms with Crippen LogP contribution in [0.3, 0.4) is 0 Å². The molecule has 0 aliphatic carbocycles. The Kier molecular flexibility index (Phi) is 6.07. The van der Waals surface area contributed by atoms with Gasteiger partial charge in [-0.15, -0.1) is 0 Å². The van der Waals surface area contributed by atoms with Crippen molar-refractivity contribution in [2.45, 2.75) is 25.1 Å². The van der Waals surface area contributed by atoms with E-state index < -0.39 is 17.8 Å². The number of carbonyl (C=O) groups is 2. The van der Waals surface area contributed by atoms with Gasteiger partial charge in [0.1, 0.15) is 6.10 Å². The van der Waals surface area contributed by atoms with Crippen molar-refractivity contribution in [1.29, 1.82) is 0 Å². The fourth-order valence-corrected chi connectivity index (χ4v) is 3.81. The van der Waals surface area contributed by atoms with Gasteiger partial charge in [-0.25, -0.2) is 0 Å². The van der Waals surface area contributed by atoms with Crippen LogP contribution in [0.4, 0.5) is 13.2 Å². The van der Waals surface area contributed by atoms with Crippen LogP contribution in [-0.4, -0.2) is 54.4 Å². The highest BCUT2D eigenvalue weighted by Crippen LogP contribution is 2.37. The van der Waals surface area contributed by atoms with Crippen molar-refractivity contribution in [3.63, 3.8) is 0 Å². The van der Waals surface area contributed by atoms with Gasteiger partial charge in [-0.05, 0) is 30.5 Å². The third-order valence-electron chi connectivity index (χ3n) is 5.32. The number of morpholine rings is 1. The van der Waals surface area contributed by atoms with Crippen LogP contribution >= 0.6 is 0 Å². The summed E-state index contributed by atoms with van der Waals surface area (Å²) in [6.07, 6.45) is -2.94. The zero-order chi connectivity index (χ0) is 20.3. The molecular weight excluding hydrogens is 373 g/mol. The van der Waals surface area contributed by atoms with E-state index in [4.69, 9.17) is 4.74 Å². The Hall–Kier alpha value is -2.35. The molecule has 8 heteroatoms. The summed E-state index contributed by atoms with van der Waals surface area (Å²) in [5, 5.41) is 0. The molecule has 1 atom stereocenters. The normalized spacial score (nSPS) is 21.5. The minimum absolute atomic E-state index is 0.0545. The highest BCUT2D eigenvalue weighted by atomic mass is 19.4. The molecule has 1 aromatic rings. The number of likely N-dealkylation sites (tertiary alicyclic amines) is 1. The van der Waals surface area contributed by atoms with Crippen LogP contribution in [0.5, 0.6) is 0 Å². The summed E-state index contributed by atoms with van der Waals surface area (Å²) in [6.45, 7) is 5.06. The van der Waals surface area contributed by atoms with E-state index in [0.29, 0.717) is 32.5 Å². The van der Waals surface area contributed by atoms with Crippen LogP contribution in [0.1, 0.15) is 30.1 Å². The second kappa shape index (κ2) is 8.34. The number of rotatable bonds is 3. The summed E-state index contributed by atoms with van der Waals surface area (Å²) in [5.74, 6) is -0.463. The number of carbonyl (C=O) groups excluding carboxylic acids is 2. The first-order valence-corrected chi connectivity index (χ1v) is 9.29. The second-order valence-electron chi connectivity index (χ2n) is 7.03. The van der Waals surface area contributed by atoms with Gasteiger partial charge in [-0.1, -0.05) is 24.8 Å². The van der Waals surface area contributed by atoms with Crippen molar-refractivity contribution in [2.75, 3.05) is 32.8 Å². The number of halogens is 3. The average Bonchev–Trinajstić information content (AvgIpc) is 2.72. The molecule has 0 spiro atoms. The van der Waals surface area contributed by atoms with Gasteiger partial charge in [0.2, 0.25) is 11.8 Å². The highest BCUT2D eigenvalue weighted by molar-refractivity contribution is 5.87. The summed E-state index contributed by atoms with van der Waals surface area (Å²) < 4.78 is 45.5. The molecule has 0 saturated carbocycles. The lowest BCUT2D eigenvalue weighted by molar-refractivity contribution is -0.148. The van der Waals surface area contributed by atoms with E-state index in [1.54, 1.807) is 15.9 Å². The number of hydrogen-bond acceptors (Lipinski definition) is 3. The molecule has 2 aliphatic rings. The predicted molar refractivity (Wildman–Crippen MR) is 96.2 cm³/mol. The van der Waals surface area contributed by atoms with E-state index in [2.05, 4.69) is 6.58 Å². The minimum atomic E-state index is -4.48. The lowest BCUT2D eigenvalue weighted by Gasteiger charge is -2.38. The first kappa shape index (κ1) is 20.4. The largest absolute Gasteiger partial charge is 0.416 e. The van der Waals surface area contributed by atoms with E-state index >= 15 is 0 Å². The van der Waals surface area contributed by atoms with Crippen molar-refractivity contribution >= 4 is 11.8 Å². The SMILES string of the molecule is C=CC(=O)N1CCC(C(=O)N2CCOC(c3ccccc3C(F)(F)F)C2)CC1. The number of alkyl halides is 3. The molecule has 152 valence electrons. The smallest absolute Gasteiger partial charge is 0.370 e. The molecule has 2 amide bonds. The number of benzene rings is 1. The molecule has 0 N–H and O–H groups in total. The van der Waals surface area contributed by atoms with Crippen molar-refractivity contribution < 1.29 is 27.5 Å². The molecule has 2 fully saturated rings. The maximum atomic E-state index is 13.3. The number of ether oxygens (including phenoxy) is 1. The average molecular weight is 396 g/mol. The Morgan fingerprint density at radius 1 is 1.11 bits per heavy atom. The van der Waals surface area contributed by atoms with Crippen molar-refractivity contribution in [2.24, 2.45) is 5.92 Å². The third kappa shape index (κ3) is 4.38. The van der Waals surface area contributed by atoms with Gasteiger partial charge in [0, 0.05) is 25.6 Å². The zero-order valence-electron chi connectivity index (χ0n) is 15.5. The van der Waals surface area contributed by atoms with Gasteiger partial charge in [-0.2, -0.15) is 13.2 Å². The monoisotopic (exact) mass is 396 g/mol. The maximum absolute atomic E-state index is 13.3. The second-order valence-corrected chi connectivity index (χ2v) is 7.03. The van der Waals surface area contributed by atoms with Gasteiger partial charge >= 0.3 is 6.18 Å². The van der Waals surface area contributed by atoms with Gasteiger partial charge in [0.15, 0.2) is 0 Å². The Balaban J connectivity index is 1.67. The first-order chi connectivity index (χ1) is 13.3. The topological polar surface area (TPSA) is 49.9 Å². The lowest BCUT2D eigenvalue weighted by Crippen LogP contribution is -2.48. The summed E-state index contributed by atoms with van der Waals surface area (Å²) in [5.41, 5.74) is -0.676. The Morgan fingerprint density at radius 2 is 1.79 bits per heavy atom. The number of nitrogens with zero attached hydrogens (tertiary/aromatic N) is 2. The first-order valence-electron chi connectivity index (χ1n) is 9.29. The van der Waals surface area contributed by atoms with Crippen LogP contribution in [0.15, 0.2) is 36.9 Å². The maximum Gasteiger partial charge on any atom is 0.416 e. The zero-order valence-corrected chi connectivity index (χ0v) is 15.5. The number of amides is 2. The van der Waals surface area contributed by atoms with Gasteiger partial charge in [0.05, 0.1) is 18.7 Å². The van der Waals surface area contributed by atoms with Crippen LogP contribution in [0.25, 0.3) is 0 Å². The molecule has 5 nitrogen and oxygen atoms in total. The summed E-state index contributed by atoms with van der Waals surface area (Å²) in [6, 6.07) is 5.32. The quantitative estimate of drug-likeness (QED) is 0.738. The molecule has 0 aromatic heterocycles. The molecule has 0 radical (unpaired) electrons. The molecule has 3 rings (SSSR count). The molecule has 1 aromatic carbocycles. The van der Waals surface area contributed by atoms with E-state index in [-0.39, 0.29) is 36.4 Å². The van der Waals surface area contributed by atoms with Gasteiger partial charge in [-0.3, -0.25) is 9.59 Å². The van der Waals surface area contributed by atoms with E-state index in [0.717, 1.165) is 6.07 Å². The molecule has 2 aliphatic heterocycles. The lowest BCUT2D eigenvalue weighted by atomic mass is 9.94. The fraction of sp³-hybridized carbons (Fsp3) is 0.500. The summed E-state index contributed by atoms with van der Waals surface area (Å²) in [4.78, 5) is 27.8. The predicted octanol–water partition coefficient (Wildman–Crippen LogP) is 3.03. The van der Waals surface area contributed by atoms with Crippen LogP contribution in [-0.2, 0) is 20.5 Å². The Bertz CT molecular complexity index is 742. The van der Waals surface area contributed by atoms with Crippen LogP contribution in [0, 0.1) is 5.92 Å². The molecule has 2 heterocycles. The molecule has 28 heavy (non-hydrogen) atoms. The third-order valence-corrected chi connectivity index (χ3v) is 5.32. The van der Waals surface area contributed by atoms with E-state index in [1.807, 2.05) is 0 Å². The molecule has 0 bridgehead atoms. The highest BCUT2D eigenvalue weighted by Gasteiger charge is 2.38.